The van der Waals surface area contributed by atoms with Crippen molar-refractivity contribution in [2.75, 3.05) is 26.9 Å². The molecule has 110 valence electrons. The number of nitro groups is 1. The Morgan fingerprint density at radius 1 is 1.60 bits per heavy atom. The van der Waals surface area contributed by atoms with Gasteiger partial charge in [0.2, 0.25) is 0 Å². The number of nitrogens with zero attached hydrogens (tertiary/aromatic N) is 1. The van der Waals surface area contributed by atoms with Crippen LogP contribution in [0.25, 0.3) is 0 Å². The van der Waals surface area contributed by atoms with Crippen molar-refractivity contribution < 1.29 is 14.4 Å². The molecule has 1 aliphatic heterocycles. The molecule has 1 heterocycles. The molecular formula is C14H20N2O4. The van der Waals surface area contributed by atoms with Crippen molar-refractivity contribution in [2.24, 2.45) is 0 Å². The molecule has 1 saturated heterocycles. The minimum Gasteiger partial charge on any atom is -0.378 e. The second-order valence-electron chi connectivity index (χ2n) is 5.14. The third kappa shape index (κ3) is 3.33. The van der Waals surface area contributed by atoms with Gasteiger partial charge in [0.15, 0.2) is 0 Å². The summed E-state index contributed by atoms with van der Waals surface area (Å²) in [6, 6.07) is 6.70. The SMILES string of the molecule is COC1(CNC(C)c2cccc([N+](=O)[O-])c2)CCOC1. The highest BCUT2D eigenvalue weighted by Crippen LogP contribution is 2.24. The summed E-state index contributed by atoms with van der Waals surface area (Å²) in [5.74, 6) is 0. The van der Waals surface area contributed by atoms with E-state index in [4.69, 9.17) is 9.47 Å². The topological polar surface area (TPSA) is 73.6 Å². The summed E-state index contributed by atoms with van der Waals surface area (Å²) in [5, 5.41) is 14.2. The van der Waals surface area contributed by atoms with Crippen LogP contribution in [0.2, 0.25) is 0 Å². The third-order valence-electron chi connectivity index (χ3n) is 3.81. The molecular weight excluding hydrogens is 260 g/mol. The third-order valence-corrected chi connectivity index (χ3v) is 3.81. The maximum atomic E-state index is 10.8. The molecule has 2 atom stereocenters. The Balaban J connectivity index is 1.99. The Hall–Kier alpha value is -1.50. The highest BCUT2D eigenvalue weighted by Gasteiger charge is 2.35. The molecule has 6 nitrogen and oxygen atoms in total. The fraction of sp³-hybridized carbons (Fsp3) is 0.571. The molecule has 0 amide bonds. The van der Waals surface area contributed by atoms with Crippen LogP contribution in [-0.2, 0) is 9.47 Å². The van der Waals surface area contributed by atoms with Gasteiger partial charge in [0.05, 0.1) is 11.5 Å². The zero-order chi connectivity index (χ0) is 14.6. The van der Waals surface area contributed by atoms with Crippen molar-refractivity contribution >= 4 is 5.69 Å². The van der Waals surface area contributed by atoms with Crippen molar-refractivity contribution in [3.05, 3.63) is 39.9 Å². The van der Waals surface area contributed by atoms with E-state index in [0.717, 1.165) is 12.0 Å². The van der Waals surface area contributed by atoms with E-state index in [-0.39, 0.29) is 22.3 Å². The molecule has 1 N–H and O–H groups in total. The van der Waals surface area contributed by atoms with Crippen molar-refractivity contribution in [3.8, 4) is 0 Å². The van der Waals surface area contributed by atoms with Crippen LogP contribution in [0.3, 0.4) is 0 Å². The molecule has 0 radical (unpaired) electrons. The van der Waals surface area contributed by atoms with E-state index in [0.29, 0.717) is 19.8 Å². The molecule has 0 spiro atoms. The molecule has 1 aromatic rings. The van der Waals surface area contributed by atoms with Crippen molar-refractivity contribution in [2.45, 2.75) is 25.0 Å². The van der Waals surface area contributed by atoms with Crippen molar-refractivity contribution in [3.63, 3.8) is 0 Å². The molecule has 0 saturated carbocycles. The molecule has 0 aromatic heterocycles. The maximum Gasteiger partial charge on any atom is 0.269 e. The van der Waals surface area contributed by atoms with Gasteiger partial charge in [-0.1, -0.05) is 12.1 Å². The van der Waals surface area contributed by atoms with Gasteiger partial charge < -0.3 is 14.8 Å². The highest BCUT2D eigenvalue weighted by atomic mass is 16.6. The van der Waals surface area contributed by atoms with Crippen LogP contribution >= 0.6 is 0 Å². The Labute approximate surface area is 118 Å². The number of nitro benzene ring substituents is 1. The predicted molar refractivity (Wildman–Crippen MR) is 74.7 cm³/mol. The highest BCUT2D eigenvalue weighted by molar-refractivity contribution is 5.35. The summed E-state index contributed by atoms with van der Waals surface area (Å²) >= 11 is 0. The fourth-order valence-electron chi connectivity index (χ4n) is 2.33. The van der Waals surface area contributed by atoms with Gasteiger partial charge in [0, 0.05) is 44.9 Å². The molecule has 20 heavy (non-hydrogen) atoms. The molecule has 1 aliphatic rings. The first kappa shape index (κ1) is 14.9. The van der Waals surface area contributed by atoms with E-state index in [1.165, 1.54) is 6.07 Å². The maximum absolute atomic E-state index is 10.8. The summed E-state index contributed by atoms with van der Waals surface area (Å²) in [4.78, 5) is 10.4. The van der Waals surface area contributed by atoms with Gasteiger partial charge in [-0.2, -0.15) is 0 Å². The van der Waals surface area contributed by atoms with E-state index in [2.05, 4.69) is 5.32 Å². The first-order chi connectivity index (χ1) is 9.56. The van der Waals surface area contributed by atoms with Crippen LogP contribution in [-0.4, -0.2) is 37.4 Å². The lowest BCUT2D eigenvalue weighted by molar-refractivity contribution is -0.384. The largest absolute Gasteiger partial charge is 0.378 e. The van der Waals surface area contributed by atoms with Gasteiger partial charge >= 0.3 is 0 Å². The van der Waals surface area contributed by atoms with E-state index in [1.54, 1.807) is 19.2 Å². The summed E-state index contributed by atoms with van der Waals surface area (Å²) < 4.78 is 10.9. The molecule has 0 bridgehead atoms. The molecule has 1 aromatic carbocycles. The predicted octanol–water partition coefficient (Wildman–Crippen LogP) is 2.05. The number of methoxy groups -OCH3 is 1. The van der Waals surface area contributed by atoms with E-state index < -0.39 is 0 Å². The lowest BCUT2D eigenvalue weighted by Crippen LogP contribution is -2.43. The molecule has 2 rings (SSSR count). The zero-order valence-corrected chi connectivity index (χ0v) is 11.8. The monoisotopic (exact) mass is 280 g/mol. The summed E-state index contributed by atoms with van der Waals surface area (Å²) in [6.45, 7) is 3.93. The Morgan fingerprint density at radius 2 is 2.40 bits per heavy atom. The van der Waals surface area contributed by atoms with Crippen molar-refractivity contribution in [1.29, 1.82) is 0 Å². The minimum absolute atomic E-state index is 0.0162. The number of ether oxygens (including phenoxy) is 2. The lowest BCUT2D eigenvalue weighted by atomic mass is 10.0. The second-order valence-corrected chi connectivity index (χ2v) is 5.14. The van der Waals surface area contributed by atoms with Crippen LogP contribution in [0.5, 0.6) is 0 Å². The molecule has 2 unspecified atom stereocenters. The fourth-order valence-corrected chi connectivity index (χ4v) is 2.33. The first-order valence-electron chi connectivity index (χ1n) is 6.67. The van der Waals surface area contributed by atoms with Gasteiger partial charge in [-0.3, -0.25) is 10.1 Å². The second kappa shape index (κ2) is 6.30. The minimum atomic E-state index is -0.377. The van der Waals surface area contributed by atoms with Gasteiger partial charge in [0.25, 0.3) is 5.69 Å². The number of benzene rings is 1. The van der Waals surface area contributed by atoms with Gasteiger partial charge in [-0.05, 0) is 12.5 Å². The van der Waals surface area contributed by atoms with E-state index in [9.17, 15) is 10.1 Å². The zero-order valence-electron chi connectivity index (χ0n) is 11.8. The number of hydrogen-bond donors (Lipinski definition) is 1. The van der Waals surface area contributed by atoms with E-state index in [1.807, 2.05) is 13.0 Å². The van der Waals surface area contributed by atoms with Gasteiger partial charge in [0.1, 0.15) is 5.60 Å². The summed E-state index contributed by atoms with van der Waals surface area (Å²) in [7, 11) is 1.69. The Bertz CT molecular complexity index is 472. The summed E-state index contributed by atoms with van der Waals surface area (Å²) in [5.41, 5.74) is 0.723. The average molecular weight is 280 g/mol. The average Bonchev–Trinajstić information content (AvgIpc) is 2.94. The number of hydrogen-bond acceptors (Lipinski definition) is 5. The van der Waals surface area contributed by atoms with Gasteiger partial charge in [-0.25, -0.2) is 0 Å². The van der Waals surface area contributed by atoms with Crippen LogP contribution < -0.4 is 5.32 Å². The number of non-ortho nitro benzene ring substituents is 1. The molecule has 1 fully saturated rings. The summed E-state index contributed by atoms with van der Waals surface area (Å²) in [6.07, 6.45) is 0.859. The Kier molecular flexibility index (Phi) is 4.69. The first-order valence-corrected chi connectivity index (χ1v) is 6.67. The van der Waals surface area contributed by atoms with Crippen LogP contribution in [0.1, 0.15) is 24.9 Å². The van der Waals surface area contributed by atoms with Crippen LogP contribution in [0.4, 0.5) is 5.69 Å². The number of rotatable bonds is 6. The lowest BCUT2D eigenvalue weighted by Gasteiger charge is -2.28. The standard InChI is InChI=1S/C14H20N2O4/c1-11(12-4-3-5-13(8-12)16(17)18)15-9-14(19-2)6-7-20-10-14/h3-5,8,11,15H,6-7,9-10H2,1-2H3. The smallest absolute Gasteiger partial charge is 0.269 e. The normalized spacial score (nSPS) is 23.7. The quantitative estimate of drug-likeness (QED) is 0.637. The van der Waals surface area contributed by atoms with E-state index >= 15 is 0 Å². The van der Waals surface area contributed by atoms with Crippen LogP contribution in [0, 0.1) is 10.1 Å². The van der Waals surface area contributed by atoms with Crippen LogP contribution in [0.15, 0.2) is 24.3 Å². The van der Waals surface area contributed by atoms with Gasteiger partial charge in [-0.15, -0.1) is 0 Å². The Morgan fingerprint density at radius 3 is 3.00 bits per heavy atom. The molecule has 0 aliphatic carbocycles. The number of nitrogens with one attached hydrogen (secondary N) is 1. The molecule has 6 heteroatoms. The van der Waals surface area contributed by atoms with Crippen molar-refractivity contribution in [1.82, 2.24) is 5.32 Å².